The Hall–Kier alpha value is -1.67. The van der Waals surface area contributed by atoms with Crippen LogP contribution >= 0.6 is 0 Å². The quantitative estimate of drug-likeness (QED) is 0.768. The zero-order chi connectivity index (χ0) is 21.3. The van der Waals surface area contributed by atoms with Crippen molar-refractivity contribution < 1.29 is 27.6 Å². The lowest BCUT2D eigenvalue weighted by molar-refractivity contribution is 0.00578. The largest absolute Gasteiger partial charge is 0.494 e. The maximum absolute atomic E-state index is 13.1. The van der Waals surface area contributed by atoms with E-state index in [1.807, 2.05) is 27.7 Å². The van der Waals surface area contributed by atoms with E-state index in [0.717, 1.165) is 0 Å². The van der Waals surface area contributed by atoms with Crippen molar-refractivity contribution in [2.75, 3.05) is 0 Å². The molecule has 0 aromatic heterocycles. The van der Waals surface area contributed by atoms with E-state index in [2.05, 4.69) is 5.32 Å². The highest BCUT2D eigenvalue weighted by Gasteiger charge is 2.51. The highest BCUT2D eigenvalue weighted by atomic mass is 19.3. The van der Waals surface area contributed by atoms with Crippen molar-refractivity contribution in [2.24, 2.45) is 0 Å². The second kappa shape index (κ2) is 7.99. The molecule has 0 atom stereocenters. The summed E-state index contributed by atoms with van der Waals surface area (Å²) in [6, 6.07) is 5.17. The lowest BCUT2D eigenvalue weighted by atomic mass is 9.77. The Morgan fingerprint density at radius 1 is 1.14 bits per heavy atom. The molecule has 2 rings (SSSR count). The third-order valence-corrected chi connectivity index (χ3v) is 4.95. The molecule has 1 saturated heterocycles. The molecule has 0 unspecified atom stereocenters. The Bertz CT molecular complexity index is 701. The van der Waals surface area contributed by atoms with Crippen molar-refractivity contribution in [3.8, 4) is 0 Å². The van der Waals surface area contributed by atoms with Crippen molar-refractivity contribution in [2.45, 2.75) is 84.7 Å². The summed E-state index contributed by atoms with van der Waals surface area (Å²) in [6.07, 6.45) is -3.52. The molecule has 1 aromatic rings. The van der Waals surface area contributed by atoms with E-state index in [0.29, 0.717) is 16.6 Å². The van der Waals surface area contributed by atoms with Crippen LogP contribution in [-0.4, -0.2) is 36.4 Å². The maximum Gasteiger partial charge on any atom is 0.494 e. The van der Waals surface area contributed by atoms with Gasteiger partial charge in [-0.1, -0.05) is 18.2 Å². The molecule has 1 amide bonds. The zero-order valence-electron chi connectivity index (χ0n) is 17.7. The Kier molecular flexibility index (Phi) is 6.45. The van der Waals surface area contributed by atoms with Gasteiger partial charge in [0.1, 0.15) is 5.60 Å². The highest BCUT2D eigenvalue weighted by molar-refractivity contribution is 6.62. The molecule has 1 fully saturated rings. The van der Waals surface area contributed by atoms with Gasteiger partial charge in [-0.15, -0.1) is 0 Å². The van der Waals surface area contributed by atoms with Crippen molar-refractivity contribution in [3.63, 3.8) is 0 Å². The number of ether oxygens (including phenoxy) is 1. The Labute approximate surface area is 166 Å². The van der Waals surface area contributed by atoms with E-state index < -0.39 is 42.9 Å². The molecule has 0 saturated carbocycles. The Morgan fingerprint density at radius 2 is 1.71 bits per heavy atom. The first-order valence-corrected chi connectivity index (χ1v) is 9.42. The standard InChI is InChI=1S/C20H30BF2NO4/c1-18(2,3)26-17(25)24-12-13-8-9-15(10-14(13)11-16(22)23)21-27-19(4,5)20(6,7)28-21/h8-10,16H,11-12H2,1-7H3,(H,24,25). The van der Waals surface area contributed by atoms with Crippen LogP contribution in [0.3, 0.4) is 0 Å². The molecule has 1 N–H and O–H groups in total. The number of alkyl carbamates (subject to hydrolysis) is 1. The summed E-state index contributed by atoms with van der Waals surface area (Å²) in [7, 11) is -0.630. The summed E-state index contributed by atoms with van der Waals surface area (Å²) in [4.78, 5) is 11.9. The summed E-state index contributed by atoms with van der Waals surface area (Å²) in [5.41, 5.74) is 0.0610. The van der Waals surface area contributed by atoms with Crippen LogP contribution in [-0.2, 0) is 27.0 Å². The van der Waals surface area contributed by atoms with Crippen LogP contribution in [0.4, 0.5) is 13.6 Å². The summed E-state index contributed by atoms with van der Waals surface area (Å²) in [5.74, 6) is 0. The molecule has 0 aliphatic carbocycles. The van der Waals surface area contributed by atoms with Crippen LogP contribution in [0.1, 0.15) is 59.6 Å². The SMILES string of the molecule is CC(C)(C)OC(=O)NCc1ccc(B2OC(C)(C)C(C)(C)O2)cc1CC(F)F. The minimum Gasteiger partial charge on any atom is -0.444 e. The van der Waals surface area contributed by atoms with Crippen LogP contribution in [0, 0.1) is 0 Å². The van der Waals surface area contributed by atoms with Crippen LogP contribution in [0.25, 0.3) is 0 Å². The third-order valence-electron chi connectivity index (χ3n) is 4.95. The van der Waals surface area contributed by atoms with E-state index >= 15 is 0 Å². The number of hydrogen-bond acceptors (Lipinski definition) is 4. The van der Waals surface area contributed by atoms with Crippen LogP contribution in [0.15, 0.2) is 18.2 Å². The zero-order valence-corrected chi connectivity index (χ0v) is 17.7. The van der Waals surface area contributed by atoms with Gasteiger partial charge >= 0.3 is 13.2 Å². The van der Waals surface area contributed by atoms with Gasteiger partial charge in [-0.2, -0.15) is 0 Å². The van der Waals surface area contributed by atoms with Gasteiger partial charge in [0.15, 0.2) is 0 Å². The lowest BCUT2D eigenvalue weighted by Crippen LogP contribution is -2.41. The molecule has 156 valence electrons. The average Bonchev–Trinajstić information content (AvgIpc) is 2.72. The van der Waals surface area contributed by atoms with E-state index in [1.54, 1.807) is 39.0 Å². The van der Waals surface area contributed by atoms with Crippen molar-refractivity contribution in [1.29, 1.82) is 0 Å². The number of benzene rings is 1. The van der Waals surface area contributed by atoms with Crippen molar-refractivity contribution >= 4 is 18.7 Å². The summed E-state index contributed by atoms with van der Waals surface area (Å²) < 4.78 is 43.4. The van der Waals surface area contributed by atoms with E-state index in [4.69, 9.17) is 14.0 Å². The maximum atomic E-state index is 13.1. The van der Waals surface area contributed by atoms with Gasteiger partial charge in [0, 0.05) is 13.0 Å². The number of halogens is 2. The van der Waals surface area contributed by atoms with Crippen LogP contribution < -0.4 is 10.8 Å². The summed E-state index contributed by atoms with van der Waals surface area (Å²) >= 11 is 0. The summed E-state index contributed by atoms with van der Waals surface area (Å²) in [6.45, 7) is 13.1. The molecule has 1 aromatic carbocycles. The fraction of sp³-hybridized carbons (Fsp3) is 0.650. The molecule has 1 heterocycles. The minimum absolute atomic E-state index is 0.0978. The predicted molar refractivity (Wildman–Crippen MR) is 105 cm³/mol. The van der Waals surface area contributed by atoms with Gasteiger partial charge in [-0.25, -0.2) is 13.6 Å². The third kappa shape index (κ3) is 5.67. The first kappa shape index (κ1) is 22.6. The van der Waals surface area contributed by atoms with E-state index in [-0.39, 0.29) is 6.54 Å². The molecule has 0 spiro atoms. The van der Waals surface area contributed by atoms with E-state index in [9.17, 15) is 13.6 Å². The number of alkyl halides is 2. The van der Waals surface area contributed by atoms with Gasteiger partial charge < -0.3 is 19.4 Å². The molecule has 1 aliphatic heterocycles. The number of carbonyl (C=O) groups excluding carboxylic acids is 1. The molecule has 28 heavy (non-hydrogen) atoms. The van der Waals surface area contributed by atoms with Gasteiger partial charge in [0.2, 0.25) is 6.43 Å². The van der Waals surface area contributed by atoms with Crippen molar-refractivity contribution in [1.82, 2.24) is 5.32 Å². The van der Waals surface area contributed by atoms with Crippen molar-refractivity contribution in [3.05, 3.63) is 29.3 Å². The molecule has 0 bridgehead atoms. The van der Waals surface area contributed by atoms with Gasteiger partial charge in [0.25, 0.3) is 0 Å². The van der Waals surface area contributed by atoms with Gasteiger partial charge in [-0.05, 0) is 65.1 Å². The molecule has 8 heteroatoms. The van der Waals surface area contributed by atoms with Gasteiger partial charge in [0.05, 0.1) is 11.2 Å². The highest BCUT2D eigenvalue weighted by Crippen LogP contribution is 2.36. The molecular formula is C20H30BF2NO4. The first-order valence-electron chi connectivity index (χ1n) is 9.42. The number of hydrogen-bond donors (Lipinski definition) is 1. The topological polar surface area (TPSA) is 56.8 Å². The van der Waals surface area contributed by atoms with E-state index in [1.165, 1.54) is 0 Å². The monoisotopic (exact) mass is 397 g/mol. The Morgan fingerprint density at radius 3 is 2.21 bits per heavy atom. The first-order chi connectivity index (χ1) is 12.7. The number of nitrogens with one attached hydrogen (secondary N) is 1. The summed E-state index contributed by atoms with van der Waals surface area (Å²) in [5, 5.41) is 2.62. The Balaban J connectivity index is 2.18. The minimum atomic E-state index is -2.51. The number of amides is 1. The number of carbonyl (C=O) groups is 1. The normalized spacial score (nSPS) is 18.4. The lowest BCUT2D eigenvalue weighted by Gasteiger charge is -2.32. The average molecular weight is 397 g/mol. The van der Waals surface area contributed by atoms with Crippen LogP contribution in [0.5, 0.6) is 0 Å². The fourth-order valence-corrected chi connectivity index (χ4v) is 2.78. The molecule has 1 aliphatic rings. The van der Waals surface area contributed by atoms with Gasteiger partial charge in [-0.3, -0.25) is 0 Å². The second-order valence-electron chi connectivity index (χ2n) is 9.07. The fourth-order valence-electron chi connectivity index (χ4n) is 2.78. The number of rotatable bonds is 5. The smallest absolute Gasteiger partial charge is 0.444 e. The molecule has 0 radical (unpaired) electrons. The molecular weight excluding hydrogens is 367 g/mol. The molecule has 5 nitrogen and oxygen atoms in total. The predicted octanol–water partition coefficient (Wildman–Crippen LogP) is 3.82. The second-order valence-corrected chi connectivity index (χ2v) is 9.07. The van der Waals surface area contributed by atoms with Crippen LogP contribution in [0.2, 0.25) is 0 Å².